The van der Waals surface area contributed by atoms with Crippen molar-refractivity contribution in [2.75, 3.05) is 12.1 Å². The van der Waals surface area contributed by atoms with Gasteiger partial charge in [-0.15, -0.1) is 0 Å². The van der Waals surface area contributed by atoms with E-state index in [9.17, 15) is 4.79 Å². The highest BCUT2D eigenvalue weighted by Gasteiger charge is 2.20. The summed E-state index contributed by atoms with van der Waals surface area (Å²) in [6.07, 6.45) is 0. The zero-order chi connectivity index (χ0) is 20.5. The van der Waals surface area contributed by atoms with Crippen molar-refractivity contribution in [3.63, 3.8) is 0 Å². The molecule has 1 aliphatic heterocycles. The molecule has 0 radical (unpaired) electrons. The number of aryl methyl sites for hydroxylation is 1. The first-order chi connectivity index (χ1) is 14.7. The van der Waals surface area contributed by atoms with Gasteiger partial charge in [0.25, 0.3) is 5.91 Å². The number of rotatable bonds is 5. The second-order valence-electron chi connectivity index (χ2n) is 6.99. The van der Waals surface area contributed by atoms with Crippen LogP contribution in [0.15, 0.2) is 71.1 Å². The first-order valence-corrected chi connectivity index (χ1v) is 9.58. The number of carbonyl (C=O) groups is 1. The van der Waals surface area contributed by atoms with Gasteiger partial charge in [-0.25, -0.2) is 0 Å². The Kier molecular flexibility index (Phi) is 4.52. The van der Waals surface area contributed by atoms with E-state index in [2.05, 4.69) is 5.32 Å². The molecule has 150 valence electrons. The highest BCUT2D eigenvalue weighted by Crippen LogP contribution is 2.35. The summed E-state index contributed by atoms with van der Waals surface area (Å²) < 4.78 is 22.4. The largest absolute Gasteiger partial charge is 0.489 e. The molecule has 0 aliphatic carbocycles. The highest BCUT2D eigenvalue weighted by molar-refractivity contribution is 6.13. The number of furan rings is 1. The molecule has 6 nitrogen and oxygen atoms in total. The van der Waals surface area contributed by atoms with Gasteiger partial charge in [-0.2, -0.15) is 0 Å². The van der Waals surface area contributed by atoms with Crippen molar-refractivity contribution < 1.29 is 23.4 Å². The van der Waals surface area contributed by atoms with E-state index in [0.717, 1.165) is 5.56 Å². The minimum Gasteiger partial charge on any atom is -0.489 e. The molecule has 4 aromatic rings. The van der Waals surface area contributed by atoms with E-state index in [1.165, 1.54) is 0 Å². The summed E-state index contributed by atoms with van der Waals surface area (Å²) in [4.78, 5) is 13.0. The van der Waals surface area contributed by atoms with E-state index in [0.29, 0.717) is 51.8 Å². The normalized spacial score (nSPS) is 12.2. The molecule has 0 atom stereocenters. The third kappa shape index (κ3) is 3.43. The molecule has 30 heavy (non-hydrogen) atoms. The molecule has 2 heterocycles. The summed E-state index contributed by atoms with van der Waals surface area (Å²) in [5.41, 5.74) is 2.81. The number of fused-ring (bicyclic) bond motifs is 2. The standard InChI is InChI=1S/C24H19NO5/c1-15-23(24(26)25-17-7-9-21-22(11-17)29-14-28-21)19-12-18(8-10-20(19)30-15)27-13-16-5-3-2-4-6-16/h2-12H,13-14H2,1H3,(H,25,26). The van der Waals surface area contributed by atoms with E-state index in [1.807, 2.05) is 48.5 Å². The average Bonchev–Trinajstić information content (AvgIpc) is 3.35. The lowest BCUT2D eigenvalue weighted by molar-refractivity contribution is 0.102. The number of ether oxygens (including phenoxy) is 3. The van der Waals surface area contributed by atoms with E-state index in [4.69, 9.17) is 18.6 Å². The molecule has 1 aromatic heterocycles. The Morgan fingerprint density at radius 2 is 1.83 bits per heavy atom. The van der Waals surface area contributed by atoms with Crippen LogP contribution >= 0.6 is 0 Å². The Morgan fingerprint density at radius 1 is 1.00 bits per heavy atom. The Bertz CT molecular complexity index is 1230. The quantitative estimate of drug-likeness (QED) is 0.491. The van der Waals surface area contributed by atoms with E-state index >= 15 is 0 Å². The molecule has 1 amide bonds. The zero-order valence-corrected chi connectivity index (χ0v) is 16.3. The van der Waals surface area contributed by atoms with Crippen molar-refractivity contribution in [1.29, 1.82) is 0 Å². The van der Waals surface area contributed by atoms with Gasteiger partial charge in [0.05, 0.1) is 5.56 Å². The van der Waals surface area contributed by atoms with Crippen molar-refractivity contribution in [2.24, 2.45) is 0 Å². The summed E-state index contributed by atoms with van der Waals surface area (Å²) in [5, 5.41) is 3.61. The molecule has 3 aromatic carbocycles. The maximum Gasteiger partial charge on any atom is 0.259 e. The summed E-state index contributed by atoms with van der Waals surface area (Å²) >= 11 is 0. The van der Waals surface area contributed by atoms with Gasteiger partial charge in [-0.05, 0) is 42.8 Å². The Morgan fingerprint density at radius 3 is 2.70 bits per heavy atom. The molecule has 5 rings (SSSR count). The fourth-order valence-electron chi connectivity index (χ4n) is 3.48. The zero-order valence-electron chi connectivity index (χ0n) is 16.3. The molecule has 6 heteroatoms. The van der Waals surface area contributed by atoms with Crippen LogP contribution in [0.5, 0.6) is 17.2 Å². The fraction of sp³-hybridized carbons (Fsp3) is 0.125. The molecule has 1 aliphatic rings. The average molecular weight is 401 g/mol. The molecular weight excluding hydrogens is 382 g/mol. The third-order valence-electron chi connectivity index (χ3n) is 4.94. The van der Waals surface area contributed by atoms with Gasteiger partial charge >= 0.3 is 0 Å². The Balaban J connectivity index is 1.40. The van der Waals surface area contributed by atoms with Crippen molar-refractivity contribution in [1.82, 2.24) is 0 Å². The molecular formula is C24H19NO5. The molecule has 0 saturated heterocycles. The van der Waals surface area contributed by atoms with Crippen molar-refractivity contribution in [3.05, 3.63) is 83.6 Å². The lowest BCUT2D eigenvalue weighted by Crippen LogP contribution is -2.12. The predicted octanol–water partition coefficient (Wildman–Crippen LogP) is 5.30. The number of benzene rings is 3. The lowest BCUT2D eigenvalue weighted by Gasteiger charge is -2.08. The molecule has 1 N–H and O–H groups in total. The number of anilines is 1. The minimum absolute atomic E-state index is 0.184. The van der Waals surface area contributed by atoms with Crippen molar-refractivity contribution in [3.8, 4) is 17.2 Å². The van der Waals surface area contributed by atoms with E-state index < -0.39 is 0 Å². The third-order valence-corrected chi connectivity index (χ3v) is 4.94. The maximum absolute atomic E-state index is 13.0. The topological polar surface area (TPSA) is 69.9 Å². The monoisotopic (exact) mass is 401 g/mol. The molecule has 0 bridgehead atoms. The van der Waals surface area contributed by atoms with Crippen molar-refractivity contribution >= 4 is 22.6 Å². The van der Waals surface area contributed by atoms with Gasteiger partial charge in [0.15, 0.2) is 11.5 Å². The van der Waals surface area contributed by atoms with E-state index in [-0.39, 0.29) is 12.7 Å². The molecule has 0 unspecified atom stereocenters. The van der Waals surface area contributed by atoms with Crippen LogP contribution in [0.3, 0.4) is 0 Å². The van der Waals surface area contributed by atoms with Crippen LogP contribution < -0.4 is 19.5 Å². The first kappa shape index (κ1) is 18.1. The van der Waals surface area contributed by atoms with Gasteiger partial charge in [0.1, 0.15) is 23.7 Å². The van der Waals surface area contributed by atoms with Crippen LogP contribution in [-0.2, 0) is 6.61 Å². The number of nitrogens with one attached hydrogen (secondary N) is 1. The van der Waals surface area contributed by atoms with Gasteiger partial charge in [0.2, 0.25) is 6.79 Å². The molecule has 0 fully saturated rings. The smallest absolute Gasteiger partial charge is 0.259 e. The van der Waals surface area contributed by atoms with Gasteiger partial charge in [-0.3, -0.25) is 4.79 Å². The second kappa shape index (κ2) is 7.48. The molecule has 0 saturated carbocycles. The minimum atomic E-state index is -0.259. The summed E-state index contributed by atoms with van der Waals surface area (Å²) in [6.45, 7) is 2.41. The van der Waals surface area contributed by atoms with Gasteiger partial charge < -0.3 is 23.9 Å². The van der Waals surface area contributed by atoms with Crippen LogP contribution in [-0.4, -0.2) is 12.7 Å². The number of hydrogen-bond donors (Lipinski definition) is 1. The Hall–Kier alpha value is -3.93. The second-order valence-corrected chi connectivity index (χ2v) is 6.99. The number of hydrogen-bond acceptors (Lipinski definition) is 5. The van der Waals surface area contributed by atoms with Crippen molar-refractivity contribution in [2.45, 2.75) is 13.5 Å². The number of carbonyl (C=O) groups excluding carboxylic acids is 1. The summed E-state index contributed by atoms with van der Waals surface area (Å²) in [7, 11) is 0. The lowest BCUT2D eigenvalue weighted by atomic mass is 10.1. The first-order valence-electron chi connectivity index (χ1n) is 9.58. The van der Waals surface area contributed by atoms with Gasteiger partial charge in [0, 0.05) is 17.1 Å². The van der Waals surface area contributed by atoms with Gasteiger partial charge in [-0.1, -0.05) is 30.3 Å². The van der Waals surface area contributed by atoms with Crippen LogP contribution in [0.4, 0.5) is 5.69 Å². The number of amides is 1. The summed E-state index contributed by atoms with van der Waals surface area (Å²) in [5.74, 6) is 2.23. The fourth-order valence-corrected chi connectivity index (χ4v) is 3.48. The molecule has 0 spiro atoms. The van der Waals surface area contributed by atoms with Crippen LogP contribution in [0.1, 0.15) is 21.7 Å². The van der Waals surface area contributed by atoms with E-state index in [1.54, 1.807) is 25.1 Å². The highest BCUT2D eigenvalue weighted by atomic mass is 16.7. The predicted molar refractivity (Wildman–Crippen MR) is 112 cm³/mol. The van der Waals surface area contributed by atoms with Crippen LogP contribution in [0, 0.1) is 6.92 Å². The summed E-state index contributed by atoms with van der Waals surface area (Å²) in [6, 6.07) is 20.7. The van der Waals surface area contributed by atoms with Crippen LogP contribution in [0.25, 0.3) is 11.0 Å². The SMILES string of the molecule is Cc1oc2ccc(OCc3ccccc3)cc2c1C(=O)Nc1ccc2c(c1)OCO2. The Labute approximate surface area is 173 Å². The maximum atomic E-state index is 13.0. The van der Waals surface area contributed by atoms with Crippen LogP contribution in [0.2, 0.25) is 0 Å².